The molecule has 0 saturated carbocycles. The number of urea groups is 1. The van der Waals surface area contributed by atoms with E-state index in [2.05, 4.69) is 33.4 Å². The zero-order valence-corrected chi connectivity index (χ0v) is 17.9. The van der Waals surface area contributed by atoms with E-state index in [0.717, 1.165) is 36.6 Å². The zero-order valence-electron chi connectivity index (χ0n) is 17.9. The van der Waals surface area contributed by atoms with Gasteiger partial charge in [-0.3, -0.25) is 4.79 Å². The van der Waals surface area contributed by atoms with E-state index in [1.54, 1.807) is 0 Å². The second-order valence-electron chi connectivity index (χ2n) is 7.91. The van der Waals surface area contributed by atoms with Crippen molar-refractivity contribution in [2.45, 2.75) is 45.2 Å². The van der Waals surface area contributed by atoms with E-state index in [4.69, 9.17) is 4.74 Å². The summed E-state index contributed by atoms with van der Waals surface area (Å²) >= 11 is 0. The first-order valence-electron chi connectivity index (χ1n) is 11.0. The highest BCUT2D eigenvalue weighted by Crippen LogP contribution is 2.32. The van der Waals surface area contributed by atoms with Crippen molar-refractivity contribution in [2.75, 3.05) is 13.2 Å². The van der Waals surface area contributed by atoms with Crippen LogP contribution >= 0.6 is 0 Å². The highest BCUT2D eigenvalue weighted by Gasteiger charge is 2.27. The fourth-order valence-electron chi connectivity index (χ4n) is 4.44. The molecule has 0 radical (unpaired) electrons. The molecule has 1 aliphatic carbocycles. The average molecular weight is 420 g/mol. The lowest BCUT2D eigenvalue weighted by molar-refractivity contribution is -0.143. The number of hydrogen-bond donors (Lipinski definition) is 2. The number of para-hydroxylation sites is 1. The van der Waals surface area contributed by atoms with Crippen LogP contribution in [-0.4, -0.2) is 35.8 Å². The van der Waals surface area contributed by atoms with Crippen molar-refractivity contribution in [3.63, 3.8) is 0 Å². The summed E-state index contributed by atoms with van der Waals surface area (Å²) in [6.07, 6.45) is 3.23. The van der Waals surface area contributed by atoms with Crippen molar-refractivity contribution in [3.05, 3.63) is 71.4 Å². The maximum atomic E-state index is 12.4. The van der Waals surface area contributed by atoms with Crippen LogP contribution < -0.4 is 10.6 Å². The number of rotatable bonds is 7. The van der Waals surface area contributed by atoms with E-state index < -0.39 is 0 Å². The van der Waals surface area contributed by atoms with Gasteiger partial charge >= 0.3 is 12.0 Å². The molecular weight excluding hydrogens is 390 g/mol. The quantitative estimate of drug-likeness (QED) is 0.575. The van der Waals surface area contributed by atoms with Crippen molar-refractivity contribution in [1.82, 2.24) is 15.2 Å². The van der Waals surface area contributed by atoms with Gasteiger partial charge < -0.3 is 19.9 Å². The summed E-state index contributed by atoms with van der Waals surface area (Å²) in [5.41, 5.74) is 4.66. The third-order valence-electron chi connectivity index (χ3n) is 5.84. The molecule has 1 aromatic heterocycles. The summed E-state index contributed by atoms with van der Waals surface area (Å²) in [7, 11) is 0. The molecule has 0 unspecified atom stereocenters. The first-order chi connectivity index (χ1) is 15.2. The monoisotopic (exact) mass is 419 g/mol. The first kappa shape index (κ1) is 21.0. The van der Waals surface area contributed by atoms with Crippen LogP contribution in [0.3, 0.4) is 0 Å². The molecule has 6 nitrogen and oxygen atoms in total. The molecule has 1 atom stereocenters. The Bertz CT molecular complexity index is 1060. The Morgan fingerprint density at radius 1 is 1.10 bits per heavy atom. The van der Waals surface area contributed by atoms with Crippen LogP contribution in [0.25, 0.3) is 10.9 Å². The highest BCUT2D eigenvalue weighted by atomic mass is 16.5. The van der Waals surface area contributed by atoms with E-state index in [0.29, 0.717) is 13.2 Å². The summed E-state index contributed by atoms with van der Waals surface area (Å²) in [5, 5.41) is 7.25. The molecule has 162 valence electrons. The molecule has 0 saturated heterocycles. The number of fused-ring (bicyclic) bond motifs is 3. The molecule has 0 spiro atoms. The number of carbonyl (C=O) groups is 2. The number of esters is 1. The van der Waals surface area contributed by atoms with Crippen LogP contribution in [0, 0.1) is 0 Å². The Labute approximate surface area is 182 Å². The predicted octanol–water partition coefficient (Wildman–Crippen LogP) is 3.60. The molecule has 1 heterocycles. The summed E-state index contributed by atoms with van der Waals surface area (Å²) < 4.78 is 7.26. The number of nitrogens with zero attached hydrogens (tertiary/aromatic N) is 1. The van der Waals surface area contributed by atoms with Gasteiger partial charge in [-0.25, -0.2) is 4.79 Å². The molecule has 0 fully saturated rings. The summed E-state index contributed by atoms with van der Waals surface area (Å²) in [5.74, 6) is -0.218. The van der Waals surface area contributed by atoms with Gasteiger partial charge in [-0.2, -0.15) is 0 Å². The molecule has 3 aromatic rings. The molecular formula is C25H29N3O3. The van der Waals surface area contributed by atoms with E-state index in [1.165, 1.54) is 16.8 Å². The minimum atomic E-state index is -0.218. The molecule has 6 heteroatoms. The van der Waals surface area contributed by atoms with Gasteiger partial charge in [0.2, 0.25) is 0 Å². The van der Waals surface area contributed by atoms with Crippen molar-refractivity contribution in [2.24, 2.45) is 0 Å². The predicted molar refractivity (Wildman–Crippen MR) is 121 cm³/mol. The van der Waals surface area contributed by atoms with Crippen LogP contribution in [0.5, 0.6) is 0 Å². The fraction of sp³-hybridized carbons (Fsp3) is 0.360. The minimum Gasteiger partial charge on any atom is -0.465 e. The van der Waals surface area contributed by atoms with E-state index >= 15 is 0 Å². The van der Waals surface area contributed by atoms with Gasteiger partial charge in [-0.05, 0) is 49.8 Å². The molecule has 0 aliphatic heterocycles. The van der Waals surface area contributed by atoms with Crippen molar-refractivity contribution in [1.29, 1.82) is 0 Å². The molecule has 0 bridgehead atoms. The number of hydrogen-bond acceptors (Lipinski definition) is 3. The van der Waals surface area contributed by atoms with Gasteiger partial charge in [0.15, 0.2) is 0 Å². The van der Waals surface area contributed by atoms with Crippen LogP contribution in [0.15, 0.2) is 54.6 Å². The maximum absolute atomic E-state index is 12.4. The third-order valence-corrected chi connectivity index (χ3v) is 5.84. The van der Waals surface area contributed by atoms with Crippen LogP contribution in [0.4, 0.5) is 4.79 Å². The van der Waals surface area contributed by atoms with E-state index in [-0.39, 0.29) is 24.6 Å². The number of aromatic nitrogens is 1. The van der Waals surface area contributed by atoms with Gasteiger partial charge in [0.25, 0.3) is 0 Å². The smallest absolute Gasteiger partial charge is 0.325 e. The van der Waals surface area contributed by atoms with Crippen LogP contribution in [-0.2, 0) is 35.3 Å². The minimum absolute atomic E-state index is 0.0751. The molecule has 31 heavy (non-hydrogen) atoms. The standard InChI is InChI=1S/C25H29N3O3/c1-2-31-24(29)17-28-22-11-7-6-10-20(22)21-16-19(12-13-23(21)28)27-25(30)26-15-14-18-8-4-3-5-9-18/h3-11,19H,2,12-17H2,1H3,(H2,26,27,30)/t19-/m1/s1. The van der Waals surface area contributed by atoms with Crippen LogP contribution in [0.2, 0.25) is 0 Å². The Kier molecular flexibility index (Phi) is 6.55. The SMILES string of the molecule is CCOC(=O)Cn1c2c(c3ccccc31)C[C@H](NC(=O)NCCc1ccccc1)CC2. The number of carbonyl (C=O) groups excluding carboxylic acids is 2. The van der Waals surface area contributed by atoms with Gasteiger partial charge in [-0.15, -0.1) is 0 Å². The normalized spacial score (nSPS) is 15.3. The lowest BCUT2D eigenvalue weighted by atomic mass is 9.91. The maximum Gasteiger partial charge on any atom is 0.325 e. The number of nitrogens with one attached hydrogen (secondary N) is 2. The second kappa shape index (κ2) is 9.69. The fourth-order valence-corrected chi connectivity index (χ4v) is 4.44. The van der Waals surface area contributed by atoms with Crippen molar-refractivity contribution in [3.8, 4) is 0 Å². The lowest BCUT2D eigenvalue weighted by Crippen LogP contribution is -2.45. The molecule has 1 aliphatic rings. The van der Waals surface area contributed by atoms with Crippen molar-refractivity contribution < 1.29 is 14.3 Å². The van der Waals surface area contributed by atoms with E-state index in [9.17, 15) is 9.59 Å². The summed E-state index contributed by atoms with van der Waals surface area (Å²) in [6.45, 7) is 3.03. The van der Waals surface area contributed by atoms with Gasteiger partial charge in [0, 0.05) is 29.2 Å². The zero-order chi connectivity index (χ0) is 21.6. The number of amides is 2. The summed E-state index contributed by atoms with van der Waals surface area (Å²) in [6, 6.07) is 18.2. The second-order valence-corrected chi connectivity index (χ2v) is 7.91. The molecule has 2 amide bonds. The van der Waals surface area contributed by atoms with Gasteiger partial charge in [0.1, 0.15) is 6.54 Å². The average Bonchev–Trinajstić information content (AvgIpc) is 3.08. The number of benzene rings is 2. The highest BCUT2D eigenvalue weighted by molar-refractivity contribution is 5.87. The van der Waals surface area contributed by atoms with Gasteiger partial charge in [0.05, 0.1) is 6.61 Å². The first-order valence-corrected chi connectivity index (χ1v) is 11.0. The van der Waals surface area contributed by atoms with Crippen molar-refractivity contribution >= 4 is 22.9 Å². The number of ether oxygens (including phenoxy) is 1. The Balaban J connectivity index is 1.41. The topological polar surface area (TPSA) is 72.4 Å². The Hall–Kier alpha value is -3.28. The van der Waals surface area contributed by atoms with Gasteiger partial charge in [-0.1, -0.05) is 48.5 Å². The molecule has 2 N–H and O–H groups in total. The van der Waals surface area contributed by atoms with E-state index in [1.807, 2.05) is 43.3 Å². The summed E-state index contributed by atoms with van der Waals surface area (Å²) in [4.78, 5) is 24.6. The Morgan fingerprint density at radius 2 is 1.87 bits per heavy atom. The largest absolute Gasteiger partial charge is 0.465 e. The molecule has 2 aromatic carbocycles. The third kappa shape index (κ3) is 4.90. The lowest BCUT2D eigenvalue weighted by Gasteiger charge is -2.25. The Morgan fingerprint density at radius 3 is 2.68 bits per heavy atom. The van der Waals surface area contributed by atoms with Crippen LogP contribution in [0.1, 0.15) is 30.2 Å². The molecule has 4 rings (SSSR count).